The molecule has 1 aromatic carbocycles. The average Bonchev–Trinajstić information content (AvgIpc) is 2.98. The van der Waals surface area contributed by atoms with Crippen LogP contribution in [0.4, 0.5) is 0 Å². The van der Waals surface area contributed by atoms with Crippen molar-refractivity contribution >= 4 is 44.8 Å². The molecule has 0 fully saturated rings. The first-order valence-corrected chi connectivity index (χ1v) is 8.04. The average molecular weight is 326 g/mol. The van der Waals surface area contributed by atoms with Gasteiger partial charge in [0.25, 0.3) is 0 Å². The Balaban J connectivity index is 2.18. The van der Waals surface area contributed by atoms with E-state index in [9.17, 15) is 0 Å². The number of hydrogen-bond acceptors (Lipinski definition) is 3. The molecule has 6 heteroatoms. The van der Waals surface area contributed by atoms with Gasteiger partial charge in [0, 0.05) is 5.56 Å². The summed E-state index contributed by atoms with van der Waals surface area (Å²) in [5, 5.41) is 5.92. The lowest BCUT2D eigenvalue weighted by Crippen LogP contribution is -1.97. The van der Waals surface area contributed by atoms with Crippen molar-refractivity contribution in [1.29, 1.82) is 0 Å². The van der Waals surface area contributed by atoms with Crippen LogP contribution in [0.2, 0.25) is 5.15 Å². The summed E-state index contributed by atoms with van der Waals surface area (Å²) in [5.74, 6) is 0.633. The molecule has 0 amide bonds. The Hall–Kier alpha value is -1.10. The Labute approximate surface area is 131 Å². The Kier molecular flexibility index (Phi) is 3.71. The van der Waals surface area contributed by atoms with Crippen molar-refractivity contribution in [3.8, 4) is 5.13 Å². The molecule has 0 N–H and O–H groups in total. The van der Waals surface area contributed by atoms with Crippen LogP contribution < -0.4 is 0 Å². The van der Waals surface area contributed by atoms with Crippen LogP contribution in [0.5, 0.6) is 0 Å². The minimum absolute atomic E-state index is 0.275. The van der Waals surface area contributed by atoms with Crippen molar-refractivity contribution in [2.24, 2.45) is 0 Å². The van der Waals surface area contributed by atoms with Crippen LogP contribution in [0.3, 0.4) is 0 Å². The zero-order valence-electron chi connectivity index (χ0n) is 11.1. The van der Waals surface area contributed by atoms with Gasteiger partial charge in [-0.25, -0.2) is 4.98 Å². The predicted molar refractivity (Wildman–Crippen MR) is 85.4 cm³/mol. The van der Waals surface area contributed by atoms with Crippen molar-refractivity contribution < 1.29 is 0 Å². The fraction of sp³-hybridized carbons (Fsp3) is 0.286. The third-order valence-corrected chi connectivity index (χ3v) is 4.76. The molecular formula is C14H13Cl2N3S. The molecule has 0 saturated heterocycles. The van der Waals surface area contributed by atoms with E-state index in [-0.39, 0.29) is 5.92 Å². The van der Waals surface area contributed by atoms with Crippen LogP contribution in [0.15, 0.2) is 24.3 Å². The third-order valence-electron chi connectivity index (χ3n) is 3.10. The van der Waals surface area contributed by atoms with Crippen LogP contribution in [-0.4, -0.2) is 14.8 Å². The summed E-state index contributed by atoms with van der Waals surface area (Å²) in [6, 6.07) is 8.00. The Morgan fingerprint density at radius 3 is 2.65 bits per heavy atom. The summed E-state index contributed by atoms with van der Waals surface area (Å²) in [6.07, 6.45) is 0. The normalized spacial score (nSPS) is 11.7. The lowest BCUT2D eigenvalue weighted by atomic mass is 10.1. The molecule has 0 aliphatic carbocycles. The number of hydrogen-bond donors (Lipinski definition) is 0. The molecule has 0 aliphatic heterocycles. The van der Waals surface area contributed by atoms with Crippen molar-refractivity contribution in [1.82, 2.24) is 14.8 Å². The van der Waals surface area contributed by atoms with Crippen molar-refractivity contribution in [3.05, 3.63) is 40.7 Å². The van der Waals surface area contributed by atoms with Crippen molar-refractivity contribution in [2.45, 2.75) is 25.6 Å². The second-order valence-electron chi connectivity index (χ2n) is 4.82. The number of aromatic nitrogens is 3. The summed E-state index contributed by atoms with van der Waals surface area (Å²) in [7, 11) is 0. The number of benzene rings is 1. The minimum atomic E-state index is 0.275. The topological polar surface area (TPSA) is 30.7 Å². The Morgan fingerprint density at radius 2 is 2.05 bits per heavy atom. The number of nitrogens with zero attached hydrogens (tertiary/aromatic N) is 3. The summed E-state index contributed by atoms with van der Waals surface area (Å²) in [5.41, 5.74) is 2.78. The lowest BCUT2D eigenvalue weighted by Gasteiger charge is -2.00. The van der Waals surface area contributed by atoms with E-state index >= 15 is 0 Å². The van der Waals surface area contributed by atoms with Gasteiger partial charge in [0.05, 0.1) is 21.8 Å². The van der Waals surface area contributed by atoms with E-state index in [2.05, 4.69) is 23.9 Å². The first-order chi connectivity index (χ1) is 9.61. The number of alkyl halides is 1. The van der Waals surface area contributed by atoms with E-state index in [1.54, 1.807) is 16.0 Å². The van der Waals surface area contributed by atoms with Gasteiger partial charge in [0.2, 0.25) is 5.13 Å². The minimum Gasteiger partial charge on any atom is -0.218 e. The standard InChI is InChI=1S/C14H13Cl2N3S/c1-8(2)12-9(7-15)13(16)19(18-12)14-17-10-5-3-4-6-11(10)20-14/h3-6,8H,7H2,1-2H3. The first kappa shape index (κ1) is 13.9. The van der Waals surface area contributed by atoms with Crippen LogP contribution in [0.25, 0.3) is 15.3 Å². The maximum atomic E-state index is 6.42. The highest BCUT2D eigenvalue weighted by Gasteiger charge is 2.20. The molecule has 20 heavy (non-hydrogen) atoms. The van der Waals surface area contributed by atoms with E-state index in [1.165, 1.54) is 0 Å². The second kappa shape index (κ2) is 5.35. The van der Waals surface area contributed by atoms with Crippen LogP contribution in [-0.2, 0) is 5.88 Å². The second-order valence-corrected chi connectivity index (χ2v) is 6.45. The van der Waals surface area contributed by atoms with E-state index in [0.717, 1.165) is 26.6 Å². The van der Waals surface area contributed by atoms with Crippen LogP contribution in [0.1, 0.15) is 31.0 Å². The molecule has 0 bridgehead atoms. The van der Waals surface area contributed by atoms with Gasteiger partial charge in [-0.1, -0.05) is 48.9 Å². The van der Waals surface area contributed by atoms with Crippen molar-refractivity contribution in [2.75, 3.05) is 0 Å². The highest BCUT2D eigenvalue weighted by atomic mass is 35.5. The predicted octanol–water partition coefficient (Wildman–Crippen LogP) is 5.00. The Bertz CT molecular complexity index is 728. The monoisotopic (exact) mass is 325 g/mol. The quantitative estimate of drug-likeness (QED) is 0.634. The maximum absolute atomic E-state index is 6.42. The number of fused-ring (bicyclic) bond motifs is 1. The van der Waals surface area contributed by atoms with Crippen LogP contribution in [0, 0.1) is 0 Å². The molecule has 3 nitrogen and oxygen atoms in total. The molecule has 104 valence electrons. The summed E-state index contributed by atoms with van der Waals surface area (Å²) >= 11 is 14.0. The fourth-order valence-corrected chi connectivity index (χ4v) is 3.70. The van der Waals surface area contributed by atoms with Gasteiger partial charge >= 0.3 is 0 Å². The summed E-state index contributed by atoms with van der Waals surface area (Å²) in [4.78, 5) is 4.58. The van der Waals surface area contributed by atoms with E-state index in [1.807, 2.05) is 24.3 Å². The summed E-state index contributed by atoms with van der Waals surface area (Å²) in [6.45, 7) is 4.16. The molecule has 3 aromatic rings. The molecule has 0 spiro atoms. The van der Waals surface area contributed by atoms with Gasteiger partial charge in [-0.05, 0) is 18.1 Å². The SMILES string of the molecule is CC(C)c1nn(-c2nc3ccccc3s2)c(Cl)c1CCl. The molecule has 0 aliphatic rings. The third kappa shape index (κ3) is 2.22. The molecule has 0 radical (unpaired) electrons. The molecule has 0 atom stereocenters. The lowest BCUT2D eigenvalue weighted by molar-refractivity contribution is 0.763. The largest absolute Gasteiger partial charge is 0.218 e. The molecule has 0 unspecified atom stereocenters. The highest BCUT2D eigenvalue weighted by Crippen LogP contribution is 2.32. The smallest absolute Gasteiger partial charge is 0.212 e. The first-order valence-electron chi connectivity index (χ1n) is 6.31. The Morgan fingerprint density at radius 1 is 1.30 bits per heavy atom. The van der Waals surface area contributed by atoms with Gasteiger partial charge in [-0.2, -0.15) is 9.78 Å². The van der Waals surface area contributed by atoms with Gasteiger partial charge in [0.15, 0.2) is 0 Å². The fourth-order valence-electron chi connectivity index (χ4n) is 2.11. The van der Waals surface area contributed by atoms with E-state index in [4.69, 9.17) is 23.2 Å². The molecule has 2 aromatic heterocycles. The number of rotatable bonds is 3. The van der Waals surface area contributed by atoms with Crippen LogP contribution >= 0.6 is 34.5 Å². The number of para-hydroxylation sites is 1. The molecular weight excluding hydrogens is 313 g/mol. The number of thiazole rings is 1. The molecule has 3 rings (SSSR count). The summed E-state index contributed by atoms with van der Waals surface area (Å²) < 4.78 is 2.81. The van der Waals surface area contributed by atoms with Gasteiger partial charge in [-0.3, -0.25) is 0 Å². The molecule has 0 saturated carbocycles. The molecule has 2 heterocycles. The van der Waals surface area contributed by atoms with Gasteiger partial charge in [-0.15, -0.1) is 11.6 Å². The zero-order valence-corrected chi connectivity index (χ0v) is 13.4. The zero-order chi connectivity index (χ0) is 14.3. The van der Waals surface area contributed by atoms with E-state index < -0.39 is 0 Å². The van der Waals surface area contributed by atoms with Crippen molar-refractivity contribution in [3.63, 3.8) is 0 Å². The maximum Gasteiger partial charge on any atom is 0.212 e. The van der Waals surface area contributed by atoms with Gasteiger partial charge < -0.3 is 0 Å². The highest BCUT2D eigenvalue weighted by molar-refractivity contribution is 7.20. The van der Waals surface area contributed by atoms with Gasteiger partial charge in [0.1, 0.15) is 5.15 Å². The number of halogens is 2. The van der Waals surface area contributed by atoms with E-state index in [0.29, 0.717) is 11.0 Å².